The van der Waals surface area contributed by atoms with Gasteiger partial charge in [-0.3, -0.25) is 0 Å². The number of oxazole rings is 1. The van der Waals surface area contributed by atoms with Gasteiger partial charge in [0.05, 0.1) is 17.5 Å². The molecule has 4 rings (SSSR count). The lowest BCUT2D eigenvalue weighted by Crippen LogP contribution is -2.42. The Balaban J connectivity index is 1.38. The Bertz CT molecular complexity index is 966. The standard InChI is InChI=1S/C24H30N4O2S/c1-3-25-24(27-15-20-16-30-23(28-20)21-7-5-13-31-21)26-14-19-6-4-12-29-22(19)18-10-8-17(2)9-11-18/h5,7-11,13,16,19,22H,3-4,6,12,14-15H2,1-2H3,(H2,25,26,27). The van der Waals surface area contributed by atoms with Gasteiger partial charge in [0.1, 0.15) is 12.0 Å². The minimum atomic E-state index is 0.119. The number of hydrogen-bond donors (Lipinski definition) is 2. The van der Waals surface area contributed by atoms with Crippen molar-refractivity contribution in [1.82, 2.24) is 15.6 Å². The van der Waals surface area contributed by atoms with E-state index in [0.717, 1.165) is 49.1 Å². The van der Waals surface area contributed by atoms with Gasteiger partial charge in [-0.25, -0.2) is 9.98 Å². The van der Waals surface area contributed by atoms with Gasteiger partial charge in [-0.05, 0) is 43.7 Å². The number of guanidine groups is 1. The van der Waals surface area contributed by atoms with Crippen molar-refractivity contribution in [2.75, 3.05) is 19.7 Å². The number of thiophene rings is 1. The average Bonchev–Trinajstić information content (AvgIpc) is 3.48. The van der Waals surface area contributed by atoms with Crippen LogP contribution in [0.15, 0.2) is 57.5 Å². The summed E-state index contributed by atoms with van der Waals surface area (Å²) in [5.41, 5.74) is 3.34. The summed E-state index contributed by atoms with van der Waals surface area (Å²) in [6, 6.07) is 12.7. The van der Waals surface area contributed by atoms with Gasteiger partial charge in [0.15, 0.2) is 5.96 Å². The molecule has 1 fully saturated rings. The summed E-state index contributed by atoms with van der Waals surface area (Å²) < 4.78 is 11.8. The maximum absolute atomic E-state index is 6.15. The minimum Gasteiger partial charge on any atom is -0.443 e. The Morgan fingerprint density at radius 2 is 2.10 bits per heavy atom. The van der Waals surface area contributed by atoms with Gasteiger partial charge in [-0.1, -0.05) is 35.9 Å². The molecule has 1 aliphatic heterocycles. The fraction of sp³-hybridized carbons (Fsp3) is 0.417. The molecule has 2 aromatic heterocycles. The molecule has 2 N–H and O–H groups in total. The van der Waals surface area contributed by atoms with Gasteiger partial charge in [0, 0.05) is 25.6 Å². The first kappa shape index (κ1) is 21.6. The summed E-state index contributed by atoms with van der Waals surface area (Å²) in [6.07, 6.45) is 4.03. The van der Waals surface area contributed by atoms with E-state index in [4.69, 9.17) is 14.1 Å². The van der Waals surface area contributed by atoms with E-state index in [2.05, 4.69) is 53.7 Å². The zero-order valence-corrected chi connectivity index (χ0v) is 19.0. The molecule has 2 atom stereocenters. The molecule has 1 saturated heterocycles. The molecule has 0 aliphatic carbocycles. The van der Waals surface area contributed by atoms with Crippen LogP contribution in [0.5, 0.6) is 0 Å². The minimum absolute atomic E-state index is 0.119. The number of aromatic nitrogens is 1. The highest BCUT2D eigenvalue weighted by molar-refractivity contribution is 7.13. The Hall–Kier alpha value is -2.64. The molecule has 6 nitrogen and oxygen atoms in total. The van der Waals surface area contributed by atoms with E-state index in [-0.39, 0.29) is 6.10 Å². The second-order valence-corrected chi connectivity index (χ2v) is 8.75. The monoisotopic (exact) mass is 438 g/mol. The van der Waals surface area contributed by atoms with Crippen molar-refractivity contribution in [3.63, 3.8) is 0 Å². The van der Waals surface area contributed by atoms with Gasteiger partial charge < -0.3 is 19.8 Å². The van der Waals surface area contributed by atoms with E-state index in [0.29, 0.717) is 18.4 Å². The zero-order chi connectivity index (χ0) is 21.5. The summed E-state index contributed by atoms with van der Waals surface area (Å²) in [5.74, 6) is 1.84. The summed E-state index contributed by atoms with van der Waals surface area (Å²) in [5, 5.41) is 8.86. The van der Waals surface area contributed by atoms with E-state index in [1.54, 1.807) is 17.6 Å². The number of aryl methyl sites for hydroxylation is 1. The van der Waals surface area contributed by atoms with E-state index in [9.17, 15) is 0 Å². The van der Waals surface area contributed by atoms with Crippen LogP contribution >= 0.6 is 11.3 Å². The van der Waals surface area contributed by atoms with Crippen LogP contribution in [-0.4, -0.2) is 30.6 Å². The molecule has 2 unspecified atom stereocenters. The first-order valence-corrected chi connectivity index (χ1v) is 11.8. The number of aliphatic imine (C=N–C) groups is 1. The molecule has 1 aromatic carbocycles. The second-order valence-electron chi connectivity index (χ2n) is 7.80. The number of benzene rings is 1. The fourth-order valence-corrected chi connectivity index (χ4v) is 4.45. The predicted octanol–water partition coefficient (Wildman–Crippen LogP) is 4.93. The molecule has 0 bridgehead atoms. The summed E-state index contributed by atoms with van der Waals surface area (Å²) in [6.45, 7) is 7.08. The van der Waals surface area contributed by atoms with Crippen molar-refractivity contribution in [3.8, 4) is 10.8 Å². The molecular formula is C24H30N4O2S. The van der Waals surface area contributed by atoms with E-state index in [1.807, 2.05) is 17.5 Å². The molecule has 164 valence electrons. The molecule has 1 aliphatic rings. The van der Waals surface area contributed by atoms with Crippen LogP contribution in [0.4, 0.5) is 0 Å². The van der Waals surface area contributed by atoms with Crippen LogP contribution in [-0.2, 0) is 11.3 Å². The lowest BCUT2D eigenvalue weighted by atomic mass is 9.89. The van der Waals surface area contributed by atoms with Crippen molar-refractivity contribution >= 4 is 17.3 Å². The summed E-state index contributed by atoms with van der Waals surface area (Å²) >= 11 is 1.62. The Morgan fingerprint density at radius 3 is 2.87 bits per heavy atom. The van der Waals surface area contributed by atoms with Gasteiger partial charge >= 0.3 is 0 Å². The highest BCUT2D eigenvalue weighted by Crippen LogP contribution is 2.33. The lowest BCUT2D eigenvalue weighted by molar-refractivity contribution is -0.0265. The smallest absolute Gasteiger partial charge is 0.236 e. The van der Waals surface area contributed by atoms with Gasteiger partial charge in [-0.15, -0.1) is 11.3 Å². The lowest BCUT2D eigenvalue weighted by Gasteiger charge is -2.32. The quantitative estimate of drug-likeness (QED) is 0.404. The van der Waals surface area contributed by atoms with Gasteiger partial charge in [0.25, 0.3) is 0 Å². The van der Waals surface area contributed by atoms with Crippen molar-refractivity contribution in [3.05, 3.63) is 64.9 Å². The van der Waals surface area contributed by atoms with Crippen LogP contribution in [0, 0.1) is 12.8 Å². The maximum atomic E-state index is 6.15. The molecule has 7 heteroatoms. The molecule has 0 radical (unpaired) electrons. The van der Waals surface area contributed by atoms with Crippen molar-refractivity contribution in [2.24, 2.45) is 10.9 Å². The van der Waals surface area contributed by atoms with Crippen molar-refractivity contribution < 1.29 is 9.15 Å². The summed E-state index contributed by atoms with van der Waals surface area (Å²) in [7, 11) is 0. The second kappa shape index (κ2) is 10.6. The van der Waals surface area contributed by atoms with E-state index < -0.39 is 0 Å². The zero-order valence-electron chi connectivity index (χ0n) is 18.1. The SMILES string of the molecule is CCNC(=NCc1coc(-c2cccs2)n1)NCC1CCCOC1c1ccc(C)cc1. The van der Waals surface area contributed by atoms with E-state index in [1.165, 1.54) is 11.1 Å². The molecule has 0 spiro atoms. The molecule has 3 heterocycles. The van der Waals surface area contributed by atoms with Gasteiger partial charge in [0.2, 0.25) is 5.89 Å². The van der Waals surface area contributed by atoms with Crippen molar-refractivity contribution in [2.45, 2.75) is 39.3 Å². The molecule has 31 heavy (non-hydrogen) atoms. The highest BCUT2D eigenvalue weighted by Gasteiger charge is 2.27. The topological polar surface area (TPSA) is 71.7 Å². The number of hydrogen-bond acceptors (Lipinski definition) is 5. The van der Waals surface area contributed by atoms with Gasteiger partial charge in [-0.2, -0.15) is 0 Å². The normalized spacial score (nSPS) is 19.4. The Morgan fingerprint density at radius 1 is 1.23 bits per heavy atom. The first-order valence-electron chi connectivity index (χ1n) is 10.9. The fourth-order valence-electron chi connectivity index (χ4n) is 3.80. The number of nitrogens with zero attached hydrogens (tertiary/aromatic N) is 2. The molecular weight excluding hydrogens is 408 g/mol. The summed E-state index contributed by atoms with van der Waals surface area (Å²) in [4.78, 5) is 10.3. The number of ether oxygens (including phenoxy) is 1. The van der Waals surface area contributed by atoms with Crippen LogP contribution in [0.25, 0.3) is 10.8 Å². The van der Waals surface area contributed by atoms with E-state index >= 15 is 0 Å². The Kier molecular flexibility index (Phi) is 7.38. The van der Waals surface area contributed by atoms with Crippen LogP contribution in [0.2, 0.25) is 0 Å². The van der Waals surface area contributed by atoms with Crippen LogP contribution in [0.3, 0.4) is 0 Å². The molecule has 0 amide bonds. The third kappa shape index (κ3) is 5.74. The predicted molar refractivity (Wildman–Crippen MR) is 125 cm³/mol. The Labute approximate surface area is 187 Å². The number of nitrogens with one attached hydrogen (secondary N) is 2. The first-order chi connectivity index (χ1) is 15.2. The maximum Gasteiger partial charge on any atom is 0.236 e. The van der Waals surface area contributed by atoms with Crippen molar-refractivity contribution in [1.29, 1.82) is 0 Å². The van der Waals surface area contributed by atoms with Crippen LogP contribution < -0.4 is 10.6 Å². The average molecular weight is 439 g/mol. The number of rotatable bonds is 7. The highest BCUT2D eigenvalue weighted by atomic mass is 32.1. The third-order valence-electron chi connectivity index (χ3n) is 5.41. The van der Waals surface area contributed by atoms with Crippen LogP contribution in [0.1, 0.15) is 42.7 Å². The largest absolute Gasteiger partial charge is 0.443 e. The third-order valence-corrected chi connectivity index (χ3v) is 6.27. The molecule has 0 saturated carbocycles. The molecule has 3 aromatic rings.